The summed E-state index contributed by atoms with van der Waals surface area (Å²) < 4.78 is 8.91. The average Bonchev–Trinajstić information content (AvgIpc) is 3.80. The monoisotopic (exact) mass is 744 g/mol. The fourth-order valence-electron chi connectivity index (χ4n) is 7.61. The van der Waals surface area contributed by atoms with Crippen molar-refractivity contribution in [2.75, 3.05) is 16.5 Å². The van der Waals surface area contributed by atoms with E-state index in [-0.39, 0.29) is 5.41 Å². The van der Waals surface area contributed by atoms with E-state index < -0.39 is 0 Å². The van der Waals surface area contributed by atoms with Gasteiger partial charge in [-0.15, -0.1) is 0 Å². The summed E-state index contributed by atoms with van der Waals surface area (Å²) in [6, 6.07) is 41.7. The van der Waals surface area contributed by atoms with E-state index in [1.54, 1.807) is 0 Å². The second-order valence-electron chi connectivity index (χ2n) is 14.9. The van der Waals surface area contributed by atoms with Gasteiger partial charge in [-0.1, -0.05) is 63.2 Å². The van der Waals surface area contributed by atoms with Crippen LogP contribution in [0, 0.1) is 0 Å². The molecule has 0 spiro atoms. The van der Waals surface area contributed by atoms with Crippen molar-refractivity contribution < 1.29 is 4.74 Å². The minimum atomic E-state index is -0.0159. The van der Waals surface area contributed by atoms with Crippen molar-refractivity contribution in [1.82, 2.24) is 39.5 Å². The smallest absolute Gasteiger partial charge is 0.164 e. The SMILES string of the molecule is CC(C)(C)c1ccnc(-n2c3ccccc3c3ccc(Oc4cccc(N5CN(c6cc(-c7ncncn7)ccc6-c6ncncn6)c6ccccc65)c4)cc32)c1. The zero-order chi connectivity index (χ0) is 38.5. The number of anilines is 4. The number of rotatable bonds is 7. The number of benzene rings is 5. The molecule has 0 atom stereocenters. The van der Waals surface area contributed by atoms with Crippen molar-refractivity contribution in [3.8, 4) is 40.1 Å². The number of hydrogen-bond acceptors (Lipinski definition) is 10. The lowest BCUT2D eigenvalue weighted by molar-refractivity contribution is 0.483. The lowest BCUT2D eigenvalue weighted by atomic mass is 9.88. The molecule has 0 aliphatic carbocycles. The van der Waals surface area contributed by atoms with E-state index in [4.69, 9.17) is 9.72 Å². The van der Waals surface area contributed by atoms with Gasteiger partial charge in [0.15, 0.2) is 11.6 Å². The predicted octanol–water partition coefficient (Wildman–Crippen LogP) is 10.2. The van der Waals surface area contributed by atoms with Crippen LogP contribution in [0.4, 0.5) is 22.7 Å². The molecule has 1 aliphatic heterocycles. The van der Waals surface area contributed by atoms with Gasteiger partial charge in [-0.3, -0.25) is 4.57 Å². The number of fused-ring (bicyclic) bond motifs is 4. The molecule has 4 aromatic heterocycles. The van der Waals surface area contributed by atoms with Crippen LogP contribution in [0.1, 0.15) is 26.3 Å². The summed E-state index contributed by atoms with van der Waals surface area (Å²) in [4.78, 5) is 35.3. The third-order valence-corrected chi connectivity index (χ3v) is 10.4. The molecule has 0 fully saturated rings. The molecule has 276 valence electrons. The molecule has 0 amide bonds. The summed E-state index contributed by atoms with van der Waals surface area (Å²) >= 11 is 0. The van der Waals surface area contributed by atoms with Crippen LogP contribution >= 0.6 is 0 Å². The molecule has 11 nitrogen and oxygen atoms in total. The molecular weight excluding hydrogens is 709 g/mol. The standard InChI is InChI=1S/C46H36N10O/c1-46(2,3)31-19-20-49-43(22-31)56-38-12-5-4-11-35(38)36-18-16-34(24-42(36)56)57-33-10-8-9-32(23-33)54-29-55(40-14-7-6-13-39(40)54)41-21-30(44-50-25-47-26-51-44)15-17-37(41)45-52-27-48-28-53-45/h4-28H,29H2,1-3H3. The van der Waals surface area contributed by atoms with Crippen LogP contribution in [0.15, 0.2) is 153 Å². The Bertz CT molecular complexity index is 2930. The number of nitrogens with zero attached hydrogens (tertiary/aromatic N) is 10. The minimum Gasteiger partial charge on any atom is -0.457 e. The van der Waals surface area contributed by atoms with E-state index in [0.29, 0.717) is 18.3 Å². The first-order valence-electron chi connectivity index (χ1n) is 18.7. The van der Waals surface area contributed by atoms with Crippen LogP contribution in [0.3, 0.4) is 0 Å². The Morgan fingerprint density at radius 1 is 0.544 bits per heavy atom. The van der Waals surface area contributed by atoms with Gasteiger partial charge in [0.2, 0.25) is 0 Å². The summed E-state index contributed by atoms with van der Waals surface area (Å²) in [6.07, 6.45) is 7.94. The van der Waals surface area contributed by atoms with Gasteiger partial charge < -0.3 is 14.5 Å². The van der Waals surface area contributed by atoms with E-state index in [2.05, 4.69) is 156 Å². The molecule has 0 unspecified atom stereocenters. The molecule has 0 bridgehead atoms. The van der Waals surface area contributed by atoms with Crippen molar-refractivity contribution in [2.24, 2.45) is 0 Å². The summed E-state index contributed by atoms with van der Waals surface area (Å²) in [5.41, 5.74) is 9.03. The van der Waals surface area contributed by atoms with Crippen LogP contribution in [-0.2, 0) is 5.41 Å². The zero-order valence-electron chi connectivity index (χ0n) is 31.5. The Morgan fingerprint density at radius 2 is 1.25 bits per heavy atom. The van der Waals surface area contributed by atoms with Gasteiger partial charge >= 0.3 is 0 Å². The minimum absolute atomic E-state index is 0.0159. The zero-order valence-corrected chi connectivity index (χ0v) is 31.5. The van der Waals surface area contributed by atoms with Crippen molar-refractivity contribution >= 4 is 44.6 Å². The van der Waals surface area contributed by atoms with Gasteiger partial charge in [-0.05, 0) is 77.7 Å². The van der Waals surface area contributed by atoms with E-state index in [1.165, 1.54) is 36.3 Å². The highest BCUT2D eigenvalue weighted by Crippen LogP contribution is 2.47. The Morgan fingerprint density at radius 3 is 2.04 bits per heavy atom. The van der Waals surface area contributed by atoms with Gasteiger partial charge in [0.25, 0.3) is 0 Å². The maximum Gasteiger partial charge on any atom is 0.164 e. The second-order valence-corrected chi connectivity index (χ2v) is 14.9. The largest absolute Gasteiger partial charge is 0.457 e. The highest BCUT2D eigenvalue weighted by Gasteiger charge is 2.30. The molecule has 5 aromatic carbocycles. The van der Waals surface area contributed by atoms with E-state index in [9.17, 15) is 0 Å². The van der Waals surface area contributed by atoms with Gasteiger partial charge in [-0.25, -0.2) is 34.9 Å². The van der Waals surface area contributed by atoms with Gasteiger partial charge in [0.1, 0.15) is 49.3 Å². The fraction of sp³-hybridized carbons (Fsp3) is 0.109. The molecule has 0 saturated heterocycles. The molecular formula is C46H36N10O. The highest BCUT2D eigenvalue weighted by molar-refractivity contribution is 6.09. The van der Waals surface area contributed by atoms with Crippen molar-refractivity contribution in [1.29, 1.82) is 0 Å². The van der Waals surface area contributed by atoms with Crippen LogP contribution in [-0.4, -0.2) is 46.1 Å². The normalized spacial score (nSPS) is 12.7. The first kappa shape index (κ1) is 34.0. The molecule has 10 rings (SSSR count). The van der Waals surface area contributed by atoms with E-state index in [1.807, 2.05) is 36.5 Å². The number of hydrogen-bond donors (Lipinski definition) is 0. The van der Waals surface area contributed by atoms with Crippen LogP contribution in [0.2, 0.25) is 0 Å². The summed E-state index contributed by atoms with van der Waals surface area (Å²) in [7, 11) is 0. The Hall–Kier alpha value is -7.53. The number of ether oxygens (including phenoxy) is 1. The van der Waals surface area contributed by atoms with E-state index >= 15 is 0 Å². The first-order chi connectivity index (χ1) is 27.9. The third-order valence-electron chi connectivity index (χ3n) is 10.4. The molecule has 57 heavy (non-hydrogen) atoms. The van der Waals surface area contributed by atoms with Crippen molar-refractivity contribution in [2.45, 2.75) is 26.2 Å². The first-order valence-corrected chi connectivity index (χ1v) is 18.7. The lowest BCUT2D eigenvalue weighted by Gasteiger charge is -2.24. The Balaban J connectivity index is 1.02. The molecule has 1 aliphatic rings. The van der Waals surface area contributed by atoms with E-state index in [0.717, 1.165) is 67.6 Å². The number of pyridine rings is 1. The predicted molar refractivity (Wildman–Crippen MR) is 223 cm³/mol. The Kier molecular flexibility index (Phi) is 8.14. The molecule has 9 aromatic rings. The van der Waals surface area contributed by atoms with Crippen molar-refractivity contribution in [3.05, 3.63) is 158 Å². The molecule has 0 N–H and O–H groups in total. The molecule has 0 radical (unpaired) electrons. The summed E-state index contributed by atoms with van der Waals surface area (Å²) in [5, 5.41) is 2.30. The van der Waals surface area contributed by atoms with Crippen LogP contribution in [0.5, 0.6) is 11.5 Å². The topological polar surface area (TPSA) is 111 Å². The lowest BCUT2D eigenvalue weighted by Crippen LogP contribution is -2.24. The average molecular weight is 745 g/mol. The number of aromatic nitrogens is 8. The second kappa shape index (κ2) is 13.6. The molecule has 0 saturated carbocycles. The van der Waals surface area contributed by atoms with Gasteiger partial charge in [0, 0.05) is 45.9 Å². The van der Waals surface area contributed by atoms with Gasteiger partial charge in [0.05, 0.1) is 28.1 Å². The highest BCUT2D eigenvalue weighted by atomic mass is 16.5. The summed E-state index contributed by atoms with van der Waals surface area (Å²) in [6.45, 7) is 7.20. The van der Waals surface area contributed by atoms with Gasteiger partial charge in [-0.2, -0.15) is 0 Å². The summed E-state index contributed by atoms with van der Waals surface area (Å²) in [5.74, 6) is 3.48. The molecule has 5 heterocycles. The van der Waals surface area contributed by atoms with Crippen molar-refractivity contribution in [3.63, 3.8) is 0 Å². The fourth-order valence-corrected chi connectivity index (χ4v) is 7.61. The third kappa shape index (κ3) is 6.15. The quantitative estimate of drug-likeness (QED) is 0.156. The maximum absolute atomic E-state index is 6.68. The number of para-hydroxylation sites is 3. The van der Waals surface area contributed by atoms with Crippen LogP contribution in [0.25, 0.3) is 50.4 Å². The van der Waals surface area contributed by atoms with Crippen LogP contribution < -0.4 is 14.5 Å². The Labute approximate surface area is 329 Å². The molecule has 11 heteroatoms. The maximum atomic E-state index is 6.68.